The van der Waals surface area contributed by atoms with Crippen molar-refractivity contribution in [1.82, 2.24) is 0 Å². The maximum Gasteiger partial charge on any atom is 0.339 e. The predicted octanol–water partition coefficient (Wildman–Crippen LogP) is 4.51. The van der Waals surface area contributed by atoms with Crippen molar-refractivity contribution in [1.29, 1.82) is 0 Å². The number of nitrogens with one attached hydrogen (secondary N) is 1. The van der Waals surface area contributed by atoms with E-state index in [9.17, 15) is 18.8 Å². The highest BCUT2D eigenvalue weighted by Gasteiger charge is 2.20. The summed E-state index contributed by atoms with van der Waals surface area (Å²) in [5.74, 6) is -2.53. The van der Waals surface area contributed by atoms with E-state index < -0.39 is 24.3 Å². The molecule has 1 amide bonds. The van der Waals surface area contributed by atoms with Gasteiger partial charge in [-0.3, -0.25) is 9.59 Å². The first-order chi connectivity index (χ1) is 14.0. The molecule has 3 aromatic carbocycles. The first-order valence-corrected chi connectivity index (χ1v) is 8.94. The quantitative estimate of drug-likeness (QED) is 0.478. The Kier molecular flexibility index (Phi) is 6.36. The second-order valence-corrected chi connectivity index (χ2v) is 6.42. The zero-order valence-electron chi connectivity index (χ0n) is 15.0. The minimum Gasteiger partial charge on any atom is -0.452 e. The summed E-state index contributed by atoms with van der Waals surface area (Å²) < 4.78 is 18.6. The van der Waals surface area contributed by atoms with Crippen molar-refractivity contribution in [3.05, 3.63) is 100 Å². The minimum absolute atomic E-state index is 0.0196. The number of amides is 1. The minimum atomic E-state index is -0.841. The van der Waals surface area contributed by atoms with Gasteiger partial charge >= 0.3 is 5.97 Å². The van der Waals surface area contributed by atoms with E-state index >= 15 is 0 Å². The molecule has 0 bridgehead atoms. The molecule has 0 saturated heterocycles. The number of benzene rings is 3. The molecule has 7 heteroatoms. The number of ketones is 1. The van der Waals surface area contributed by atoms with Gasteiger partial charge < -0.3 is 10.1 Å². The smallest absolute Gasteiger partial charge is 0.339 e. The van der Waals surface area contributed by atoms with Crippen LogP contribution in [0.4, 0.5) is 10.1 Å². The van der Waals surface area contributed by atoms with Crippen LogP contribution in [0.2, 0.25) is 5.02 Å². The third-order valence-corrected chi connectivity index (χ3v) is 4.23. The molecule has 0 fully saturated rings. The summed E-state index contributed by atoms with van der Waals surface area (Å²) in [4.78, 5) is 37.1. The van der Waals surface area contributed by atoms with E-state index in [0.717, 1.165) is 0 Å². The molecule has 0 aliphatic heterocycles. The molecular weight excluding hydrogens is 397 g/mol. The molecule has 1 N–H and O–H groups in total. The lowest BCUT2D eigenvalue weighted by Gasteiger charge is -2.10. The predicted molar refractivity (Wildman–Crippen MR) is 107 cm³/mol. The van der Waals surface area contributed by atoms with Crippen molar-refractivity contribution >= 4 is 34.9 Å². The monoisotopic (exact) mass is 411 g/mol. The second kappa shape index (κ2) is 9.12. The summed E-state index contributed by atoms with van der Waals surface area (Å²) in [5, 5.41) is 2.80. The summed E-state index contributed by atoms with van der Waals surface area (Å²) in [6, 6.07) is 18.0. The number of rotatable bonds is 6. The van der Waals surface area contributed by atoms with Crippen LogP contribution in [0.15, 0.2) is 72.8 Å². The number of carbonyl (C=O) groups is 3. The fourth-order valence-electron chi connectivity index (χ4n) is 2.57. The van der Waals surface area contributed by atoms with Crippen LogP contribution in [-0.2, 0) is 9.53 Å². The fraction of sp³-hybridized carbons (Fsp3) is 0.0455. The fourth-order valence-corrected chi connectivity index (χ4v) is 2.70. The largest absolute Gasteiger partial charge is 0.452 e. The Hall–Kier alpha value is -3.51. The highest BCUT2D eigenvalue weighted by molar-refractivity contribution is 6.30. The number of hydrogen-bond acceptors (Lipinski definition) is 4. The van der Waals surface area contributed by atoms with Gasteiger partial charge in [-0.15, -0.1) is 0 Å². The van der Waals surface area contributed by atoms with Crippen molar-refractivity contribution in [3.8, 4) is 0 Å². The number of carbonyl (C=O) groups excluding carboxylic acids is 3. The van der Waals surface area contributed by atoms with Gasteiger partial charge in [-0.05, 0) is 42.5 Å². The topological polar surface area (TPSA) is 72.5 Å². The summed E-state index contributed by atoms with van der Waals surface area (Å²) >= 11 is 5.84. The van der Waals surface area contributed by atoms with Gasteiger partial charge in [-0.2, -0.15) is 0 Å². The van der Waals surface area contributed by atoms with E-state index in [1.54, 1.807) is 42.5 Å². The molecule has 0 heterocycles. The van der Waals surface area contributed by atoms with Gasteiger partial charge in [0.05, 0.1) is 11.3 Å². The molecule has 3 rings (SSSR count). The van der Waals surface area contributed by atoms with Gasteiger partial charge in [0.25, 0.3) is 5.91 Å². The molecule has 3 aromatic rings. The van der Waals surface area contributed by atoms with E-state index in [2.05, 4.69) is 5.32 Å². The Bertz CT molecular complexity index is 1070. The number of hydrogen-bond donors (Lipinski definition) is 1. The van der Waals surface area contributed by atoms with Gasteiger partial charge in [0.2, 0.25) is 0 Å². The van der Waals surface area contributed by atoms with Crippen LogP contribution in [0.5, 0.6) is 0 Å². The third kappa shape index (κ3) is 5.06. The van der Waals surface area contributed by atoms with Crippen molar-refractivity contribution in [2.24, 2.45) is 0 Å². The van der Waals surface area contributed by atoms with Crippen LogP contribution in [0.3, 0.4) is 0 Å². The summed E-state index contributed by atoms with van der Waals surface area (Å²) in [6.45, 7) is -0.628. The van der Waals surface area contributed by atoms with Gasteiger partial charge in [0.1, 0.15) is 5.82 Å². The molecule has 146 valence electrons. The van der Waals surface area contributed by atoms with Gasteiger partial charge in [0.15, 0.2) is 12.4 Å². The SMILES string of the molecule is O=C(COC(=O)c1ccccc1C(=O)c1ccc(Cl)cc1)Nc1ccccc1F. The number of anilines is 1. The van der Waals surface area contributed by atoms with E-state index in [-0.39, 0.29) is 22.6 Å². The zero-order chi connectivity index (χ0) is 20.8. The van der Waals surface area contributed by atoms with Crippen LogP contribution >= 0.6 is 11.6 Å². The van der Waals surface area contributed by atoms with Crippen molar-refractivity contribution in [2.75, 3.05) is 11.9 Å². The van der Waals surface area contributed by atoms with Crippen LogP contribution in [-0.4, -0.2) is 24.3 Å². The normalized spacial score (nSPS) is 10.3. The lowest BCUT2D eigenvalue weighted by molar-refractivity contribution is -0.119. The maximum absolute atomic E-state index is 13.6. The molecule has 29 heavy (non-hydrogen) atoms. The van der Waals surface area contributed by atoms with Crippen LogP contribution in [0.1, 0.15) is 26.3 Å². The van der Waals surface area contributed by atoms with Gasteiger partial charge in [-0.1, -0.05) is 41.9 Å². The Morgan fingerprint density at radius 2 is 1.48 bits per heavy atom. The third-order valence-electron chi connectivity index (χ3n) is 3.98. The summed E-state index contributed by atoms with van der Waals surface area (Å²) in [7, 11) is 0. The average molecular weight is 412 g/mol. The average Bonchev–Trinajstić information content (AvgIpc) is 2.74. The standard InChI is InChI=1S/C22H15ClFNO4/c23-15-11-9-14(10-12-15)21(27)16-5-1-2-6-17(16)22(28)29-13-20(26)25-19-8-4-3-7-18(19)24/h1-12H,13H2,(H,25,26). The van der Waals surface area contributed by atoms with E-state index in [1.165, 1.54) is 30.3 Å². The van der Waals surface area contributed by atoms with Crippen LogP contribution in [0, 0.1) is 5.82 Å². The van der Waals surface area contributed by atoms with E-state index in [1.807, 2.05) is 0 Å². The number of halogens is 2. The number of para-hydroxylation sites is 1. The molecule has 0 aliphatic rings. The highest BCUT2D eigenvalue weighted by atomic mass is 35.5. The molecule has 0 radical (unpaired) electrons. The Morgan fingerprint density at radius 1 is 0.862 bits per heavy atom. The molecule has 0 aromatic heterocycles. The summed E-state index contributed by atoms with van der Waals surface area (Å²) in [6.07, 6.45) is 0. The van der Waals surface area contributed by atoms with Gasteiger partial charge in [-0.25, -0.2) is 9.18 Å². The summed E-state index contributed by atoms with van der Waals surface area (Å²) in [5.41, 5.74) is 0.485. The lowest BCUT2D eigenvalue weighted by atomic mass is 9.98. The van der Waals surface area contributed by atoms with Gasteiger partial charge in [0, 0.05) is 16.1 Å². The zero-order valence-corrected chi connectivity index (χ0v) is 15.8. The highest BCUT2D eigenvalue weighted by Crippen LogP contribution is 2.18. The second-order valence-electron chi connectivity index (χ2n) is 5.99. The Labute approximate surface area is 171 Å². The molecule has 0 atom stereocenters. The number of ether oxygens (including phenoxy) is 1. The van der Waals surface area contributed by atoms with Crippen molar-refractivity contribution in [2.45, 2.75) is 0 Å². The van der Waals surface area contributed by atoms with Crippen LogP contribution < -0.4 is 5.32 Å². The molecule has 0 unspecified atom stereocenters. The maximum atomic E-state index is 13.6. The molecule has 0 saturated carbocycles. The van der Waals surface area contributed by atoms with Crippen molar-refractivity contribution in [3.63, 3.8) is 0 Å². The van der Waals surface area contributed by atoms with E-state index in [0.29, 0.717) is 10.6 Å². The molecule has 0 aliphatic carbocycles. The lowest BCUT2D eigenvalue weighted by Crippen LogP contribution is -2.22. The Balaban J connectivity index is 1.70. The van der Waals surface area contributed by atoms with E-state index in [4.69, 9.17) is 16.3 Å². The van der Waals surface area contributed by atoms with Crippen molar-refractivity contribution < 1.29 is 23.5 Å². The molecular formula is C22H15ClFNO4. The Morgan fingerprint density at radius 3 is 2.17 bits per heavy atom. The first-order valence-electron chi connectivity index (χ1n) is 8.56. The first kappa shape index (κ1) is 20.2. The number of esters is 1. The molecule has 0 spiro atoms. The molecule has 5 nitrogen and oxygen atoms in total. The van der Waals surface area contributed by atoms with Crippen LogP contribution in [0.25, 0.3) is 0 Å².